The summed E-state index contributed by atoms with van der Waals surface area (Å²) in [6, 6.07) is 3.48. The van der Waals surface area contributed by atoms with Crippen LogP contribution in [0, 0.1) is 13.8 Å². The molecule has 0 atom stereocenters. The summed E-state index contributed by atoms with van der Waals surface area (Å²) in [6.45, 7) is 9.52. The van der Waals surface area contributed by atoms with Crippen LogP contribution < -0.4 is 10.5 Å². The molecule has 0 saturated carbocycles. The molecule has 1 rings (SSSR count). The zero-order valence-electron chi connectivity index (χ0n) is 12.4. The standard InChI is InChI=1S/C14H24N2O2S/c1-6-14(5,7-2)16-19(17,18)13-11(4)10(3)8-9-12(13)15/h8-9,16H,6-7,15H2,1-5H3. The van der Waals surface area contributed by atoms with Crippen molar-refractivity contribution in [3.8, 4) is 0 Å². The molecule has 0 fully saturated rings. The van der Waals surface area contributed by atoms with Gasteiger partial charge in [0.05, 0.1) is 5.69 Å². The highest BCUT2D eigenvalue weighted by Gasteiger charge is 2.30. The van der Waals surface area contributed by atoms with E-state index in [-0.39, 0.29) is 4.90 Å². The Morgan fingerprint density at radius 1 is 1.21 bits per heavy atom. The van der Waals surface area contributed by atoms with Gasteiger partial charge in [0.2, 0.25) is 10.0 Å². The minimum atomic E-state index is -3.60. The van der Waals surface area contributed by atoms with Gasteiger partial charge in [-0.1, -0.05) is 19.9 Å². The predicted octanol–water partition coefficient (Wildman–Crippen LogP) is 2.74. The number of hydrogen-bond donors (Lipinski definition) is 2. The van der Waals surface area contributed by atoms with Crippen LogP contribution in [0.15, 0.2) is 17.0 Å². The molecule has 0 unspecified atom stereocenters. The van der Waals surface area contributed by atoms with Gasteiger partial charge >= 0.3 is 0 Å². The monoisotopic (exact) mass is 284 g/mol. The van der Waals surface area contributed by atoms with Gasteiger partial charge in [0, 0.05) is 5.54 Å². The van der Waals surface area contributed by atoms with Crippen molar-refractivity contribution in [3.63, 3.8) is 0 Å². The Bertz CT molecular complexity index is 561. The van der Waals surface area contributed by atoms with Gasteiger partial charge in [-0.25, -0.2) is 13.1 Å². The van der Waals surface area contributed by atoms with Crippen molar-refractivity contribution in [1.29, 1.82) is 0 Å². The van der Waals surface area contributed by atoms with Crippen molar-refractivity contribution in [2.75, 3.05) is 5.73 Å². The number of hydrogen-bond acceptors (Lipinski definition) is 3. The topological polar surface area (TPSA) is 72.2 Å². The van der Waals surface area contributed by atoms with Gasteiger partial charge in [-0.3, -0.25) is 0 Å². The first kappa shape index (κ1) is 16.0. The maximum Gasteiger partial charge on any atom is 0.243 e. The van der Waals surface area contributed by atoms with Gasteiger partial charge in [0.1, 0.15) is 4.90 Å². The normalized spacial score (nSPS) is 12.7. The second kappa shape index (κ2) is 5.51. The van der Waals surface area contributed by atoms with E-state index in [0.717, 1.165) is 18.4 Å². The Morgan fingerprint density at radius 3 is 2.21 bits per heavy atom. The van der Waals surface area contributed by atoms with Crippen LogP contribution in [0.25, 0.3) is 0 Å². The largest absolute Gasteiger partial charge is 0.398 e. The van der Waals surface area contributed by atoms with Gasteiger partial charge in [0.25, 0.3) is 0 Å². The SMILES string of the molecule is CCC(C)(CC)NS(=O)(=O)c1c(N)ccc(C)c1C. The second-order valence-electron chi connectivity index (χ2n) is 5.30. The quantitative estimate of drug-likeness (QED) is 0.817. The van der Waals surface area contributed by atoms with E-state index in [9.17, 15) is 8.42 Å². The number of aryl methyl sites for hydroxylation is 1. The molecule has 19 heavy (non-hydrogen) atoms. The molecule has 0 radical (unpaired) electrons. The van der Waals surface area contributed by atoms with Crippen LogP contribution in [0.5, 0.6) is 0 Å². The number of rotatable bonds is 5. The third-order valence-electron chi connectivity index (χ3n) is 3.92. The fourth-order valence-corrected chi connectivity index (χ4v) is 3.92. The van der Waals surface area contributed by atoms with Crippen LogP contribution in [0.4, 0.5) is 5.69 Å². The van der Waals surface area contributed by atoms with Crippen molar-refractivity contribution in [2.45, 2.75) is 57.9 Å². The van der Waals surface area contributed by atoms with Gasteiger partial charge in [-0.2, -0.15) is 0 Å². The minimum absolute atomic E-state index is 0.209. The van der Waals surface area contributed by atoms with E-state index < -0.39 is 15.6 Å². The number of nitrogens with two attached hydrogens (primary N) is 1. The Kier molecular flexibility index (Phi) is 4.63. The molecule has 1 aromatic rings. The van der Waals surface area contributed by atoms with Crippen molar-refractivity contribution in [3.05, 3.63) is 23.3 Å². The molecule has 0 spiro atoms. The average Bonchev–Trinajstić information content (AvgIpc) is 2.33. The highest BCUT2D eigenvalue weighted by Crippen LogP contribution is 2.27. The molecule has 0 aliphatic heterocycles. The minimum Gasteiger partial charge on any atom is -0.398 e. The Hall–Kier alpha value is -1.07. The summed E-state index contributed by atoms with van der Waals surface area (Å²) in [5.74, 6) is 0. The number of anilines is 1. The molecule has 5 heteroatoms. The van der Waals surface area contributed by atoms with Crippen molar-refractivity contribution < 1.29 is 8.42 Å². The zero-order chi connectivity index (χ0) is 14.8. The first-order chi connectivity index (χ1) is 8.67. The molecule has 0 amide bonds. The molecule has 0 aliphatic rings. The second-order valence-corrected chi connectivity index (χ2v) is 6.92. The molecule has 0 bridgehead atoms. The lowest BCUT2D eigenvalue weighted by Crippen LogP contribution is -2.45. The van der Waals surface area contributed by atoms with Crippen LogP contribution in [-0.4, -0.2) is 14.0 Å². The molecular weight excluding hydrogens is 260 g/mol. The third-order valence-corrected chi connectivity index (χ3v) is 5.76. The lowest BCUT2D eigenvalue weighted by atomic mass is 9.98. The third kappa shape index (κ3) is 3.28. The molecule has 0 heterocycles. The van der Waals surface area contributed by atoms with Crippen LogP contribution in [0.3, 0.4) is 0 Å². The van der Waals surface area contributed by atoms with Crippen LogP contribution >= 0.6 is 0 Å². The Labute approximate surface area is 116 Å². The number of benzene rings is 1. The number of nitrogens with one attached hydrogen (secondary N) is 1. The summed E-state index contributed by atoms with van der Waals surface area (Å²) in [7, 11) is -3.60. The average molecular weight is 284 g/mol. The molecule has 0 aliphatic carbocycles. The summed E-state index contributed by atoms with van der Waals surface area (Å²) >= 11 is 0. The Morgan fingerprint density at radius 2 is 1.74 bits per heavy atom. The summed E-state index contributed by atoms with van der Waals surface area (Å²) in [6.07, 6.45) is 1.46. The summed E-state index contributed by atoms with van der Waals surface area (Å²) in [5, 5.41) is 0. The van der Waals surface area contributed by atoms with E-state index in [0.29, 0.717) is 11.3 Å². The summed E-state index contributed by atoms with van der Waals surface area (Å²) in [5.41, 5.74) is 7.34. The van der Waals surface area contributed by atoms with E-state index in [2.05, 4.69) is 4.72 Å². The van der Waals surface area contributed by atoms with E-state index >= 15 is 0 Å². The van der Waals surface area contributed by atoms with Gasteiger partial charge in [0.15, 0.2) is 0 Å². The van der Waals surface area contributed by atoms with Gasteiger partial charge < -0.3 is 5.73 Å². The number of sulfonamides is 1. The fraction of sp³-hybridized carbons (Fsp3) is 0.571. The van der Waals surface area contributed by atoms with Crippen LogP contribution in [0.2, 0.25) is 0 Å². The molecule has 3 N–H and O–H groups in total. The lowest BCUT2D eigenvalue weighted by Gasteiger charge is -2.28. The molecular formula is C14H24N2O2S. The molecule has 108 valence electrons. The molecule has 0 saturated heterocycles. The first-order valence-electron chi connectivity index (χ1n) is 6.56. The molecule has 0 aromatic heterocycles. The zero-order valence-corrected chi connectivity index (χ0v) is 13.2. The maximum atomic E-state index is 12.6. The van der Waals surface area contributed by atoms with Gasteiger partial charge in [-0.15, -0.1) is 0 Å². The van der Waals surface area contributed by atoms with E-state index in [4.69, 9.17) is 5.73 Å². The highest BCUT2D eigenvalue weighted by molar-refractivity contribution is 7.89. The smallest absolute Gasteiger partial charge is 0.243 e. The first-order valence-corrected chi connectivity index (χ1v) is 8.05. The Balaban J connectivity index is 3.33. The van der Waals surface area contributed by atoms with E-state index in [1.165, 1.54) is 0 Å². The van der Waals surface area contributed by atoms with Crippen LogP contribution in [-0.2, 0) is 10.0 Å². The summed E-state index contributed by atoms with van der Waals surface area (Å²) in [4.78, 5) is 0.209. The van der Waals surface area contributed by atoms with Crippen molar-refractivity contribution in [2.24, 2.45) is 0 Å². The predicted molar refractivity (Wildman–Crippen MR) is 79.6 cm³/mol. The number of nitrogen functional groups attached to an aromatic ring is 1. The van der Waals surface area contributed by atoms with Crippen molar-refractivity contribution >= 4 is 15.7 Å². The molecule has 1 aromatic carbocycles. The molecule has 4 nitrogen and oxygen atoms in total. The van der Waals surface area contributed by atoms with E-state index in [1.807, 2.05) is 33.8 Å². The maximum absolute atomic E-state index is 12.6. The van der Waals surface area contributed by atoms with Crippen molar-refractivity contribution in [1.82, 2.24) is 4.72 Å². The highest BCUT2D eigenvalue weighted by atomic mass is 32.2. The fourth-order valence-electron chi connectivity index (χ4n) is 1.94. The lowest BCUT2D eigenvalue weighted by molar-refractivity contribution is 0.388. The van der Waals surface area contributed by atoms with E-state index in [1.54, 1.807) is 13.0 Å². The van der Waals surface area contributed by atoms with Crippen LogP contribution in [0.1, 0.15) is 44.7 Å². The van der Waals surface area contributed by atoms with Gasteiger partial charge in [-0.05, 0) is 50.8 Å². The summed E-state index contributed by atoms with van der Waals surface area (Å²) < 4.78 is 27.9.